The first-order valence-electron chi connectivity index (χ1n) is 3.68. The van der Waals surface area contributed by atoms with Crippen molar-refractivity contribution in [2.45, 2.75) is 0 Å². The highest BCUT2D eigenvalue weighted by atomic mass is 35.5. The molecule has 0 aliphatic heterocycles. The maximum Gasteiger partial charge on any atom is 0.146 e. The Bertz CT molecular complexity index is 312. The quantitative estimate of drug-likeness (QED) is 0.796. The molecule has 0 atom stereocenters. The van der Waals surface area contributed by atoms with E-state index < -0.39 is 11.6 Å². The summed E-state index contributed by atoms with van der Waals surface area (Å²) in [6.07, 6.45) is 1.59. The molecular weight excluding hydrogens is 196 g/mol. The molecule has 0 fully saturated rings. The highest BCUT2D eigenvalue weighted by Gasteiger charge is 2.00. The molecule has 0 spiro atoms. The van der Waals surface area contributed by atoms with E-state index in [4.69, 9.17) is 11.6 Å². The fraction of sp³-hybridized carbons (Fsp3) is 0.111. The zero-order valence-electron chi connectivity index (χ0n) is 6.73. The molecule has 1 aromatic carbocycles. The lowest BCUT2D eigenvalue weighted by Crippen LogP contribution is -2.00. The van der Waals surface area contributed by atoms with E-state index >= 15 is 0 Å². The van der Waals surface area contributed by atoms with E-state index in [1.165, 1.54) is 5.54 Å². The van der Waals surface area contributed by atoms with Crippen LogP contribution in [0.4, 0.5) is 14.5 Å². The molecule has 1 nitrogen and oxygen atoms in total. The van der Waals surface area contributed by atoms with Gasteiger partial charge >= 0.3 is 0 Å². The summed E-state index contributed by atoms with van der Waals surface area (Å²) in [6.45, 7) is 0.365. The van der Waals surface area contributed by atoms with Gasteiger partial charge in [-0.2, -0.15) is 0 Å². The minimum Gasteiger partial charge on any atom is -0.379 e. The van der Waals surface area contributed by atoms with Crippen molar-refractivity contribution >= 4 is 17.3 Å². The van der Waals surface area contributed by atoms with Crippen LogP contribution in [-0.2, 0) is 0 Å². The van der Waals surface area contributed by atoms with Crippen molar-refractivity contribution in [3.63, 3.8) is 0 Å². The van der Waals surface area contributed by atoms with E-state index in [9.17, 15) is 8.78 Å². The second-order valence-corrected chi connectivity index (χ2v) is 2.62. The summed E-state index contributed by atoms with van der Waals surface area (Å²) in [5, 5.41) is 2.67. The summed E-state index contributed by atoms with van der Waals surface area (Å²) in [4.78, 5) is 0. The molecule has 0 radical (unpaired) electrons. The summed E-state index contributed by atoms with van der Waals surface area (Å²) in [5.74, 6) is -0.955. The predicted molar refractivity (Wildman–Crippen MR) is 49.8 cm³/mol. The molecular formula is C9H8ClF2N. The first-order chi connectivity index (χ1) is 6.24. The molecule has 0 heterocycles. The minimum absolute atomic E-state index is 0.134. The lowest BCUT2D eigenvalue weighted by Gasteiger charge is -2.03. The van der Waals surface area contributed by atoms with Gasteiger partial charge in [-0.25, -0.2) is 8.78 Å². The third kappa shape index (κ3) is 3.03. The van der Waals surface area contributed by atoms with Crippen LogP contribution in [-0.4, -0.2) is 6.54 Å². The van der Waals surface area contributed by atoms with Crippen molar-refractivity contribution in [3.05, 3.63) is 41.4 Å². The standard InChI is InChI=1S/C9H8ClF2N/c10-4-1-5-13-9-6-7(11)2-3-8(9)12/h1-4,6,13H,5H2/b4-1+. The molecule has 0 amide bonds. The number of hydrogen-bond donors (Lipinski definition) is 1. The Morgan fingerprint density at radius 3 is 2.85 bits per heavy atom. The maximum atomic E-state index is 12.9. The molecule has 0 saturated heterocycles. The van der Waals surface area contributed by atoms with Crippen LogP contribution in [0, 0.1) is 11.6 Å². The lowest BCUT2D eigenvalue weighted by atomic mass is 10.3. The average Bonchev–Trinajstić information content (AvgIpc) is 2.11. The van der Waals surface area contributed by atoms with Crippen LogP contribution >= 0.6 is 11.6 Å². The van der Waals surface area contributed by atoms with E-state index in [1.54, 1.807) is 6.08 Å². The van der Waals surface area contributed by atoms with Crippen LogP contribution in [0.15, 0.2) is 29.8 Å². The van der Waals surface area contributed by atoms with E-state index in [2.05, 4.69) is 5.32 Å². The zero-order chi connectivity index (χ0) is 9.68. The first-order valence-corrected chi connectivity index (χ1v) is 4.12. The summed E-state index contributed by atoms with van der Waals surface area (Å²) < 4.78 is 25.5. The molecule has 70 valence electrons. The molecule has 1 rings (SSSR count). The topological polar surface area (TPSA) is 12.0 Å². The van der Waals surface area contributed by atoms with Gasteiger partial charge in [-0.1, -0.05) is 17.7 Å². The summed E-state index contributed by atoms with van der Waals surface area (Å²) >= 11 is 5.25. The Kier molecular flexibility index (Phi) is 3.71. The monoisotopic (exact) mass is 203 g/mol. The van der Waals surface area contributed by atoms with Gasteiger partial charge in [-0.05, 0) is 18.2 Å². The van der Waals surface area contributed by atoms with Crippen molar-refractivity contribution in [1.29, 1.82) is 0 Å². The van der Waals surface area contributed by atoms with Crippen molar-refractivity contribution in [2.75, 3.05) is 11.9 Å². The van der Waals surface area contributed by atoms with Gasteiger partial charge in [0.1, 0.15) is 11.6 Å². The number of hydrogen-bond acceptors (Lipinski definition) is 1. The SMILES string of the molecule is Fc1ccc(F)c(NC/C=C/Cl)c1. The molecule has 0 aliphatic carbocycles. The van der Waals surface area contributed by atoms with Crippen molar-refractivity contribution in [2.24, 2.45) is 0 Å². The second-order valence-electron chi connectivity index (χ2n) is 2.37. The predicted octanol–water partition coefficient (Wildman–Crippen LogP) is 3.13. The molecule has 0 saturated carbocycles. The van der Waals surface area contributed by atoms with E-state index in [0.717, 1.165) is 18.2 Å². The van der Waals surface area contributed by atoms with Gasteiger partial charge in [0.05, 0.1) is 5.69 Å². The first kappa shape index (κ1) is 9.99. The summed E-state index contributed by atoms with van der Waals surface area (Å²) in [5.41, 5.74) is 1.44. The third-order valence-corrected chi connectivity index (χ3v) is 1.61. The van der Waals surface area contributed by atoms with Gasteiger partial charge in [0, 0.05) is 12.1 Å². The Hall–Kier alpha value is -1.09. The fourth-order valence-electron chi connectivity index (χ4n) is 0.846. The van der Waals surface area contributed by atoms with Crippen molar-refractivity contribution < 1.29 is 8.78 Å². The number of benzene rings is 1. The van der Waals surface area contributed by atoms with Crippen molar-refractivity contribution in [1.82, 2.24) is 0 Å². The smallest absolute Gasteiger partial charge is 0.146 e. The fourth-order valence-corrected chi connectivity index (χ4v) is 0.935. The largest absolute Gasteiger partial charge is 0.379 e. The lowest BCUT2D eigenvalue weighted by molar-refractivity contribution is 0.603. The van der Waals surface area contributed by atoms with Gasteiger partial charge in [0.2, 0.25) is 0 Å². The number of rotatable bonds is 3. The van der Waals surface area contributed by atoms with Gasteiger partial charge in [0.15, 0.2) is 0 Å². The van der Waals surface area contributed by atoms with Gasteiger partial charge in [0.25, 0.3) is 0 Å². The minimum atomic E-state index is -0.482. The number of halogens is 3. The van der Waals surface area contributed by atoms with Gasteiger partial charge in [-0.15, -0.1) is 0 Å². The van der Waals surface area contributed by atoms with E-state index in [-0.39, 0.29) is 5.69 Å². The van der Waals surface area contributed by atoms with Crippen LogP contribution in [0.3, 0.4) is 0 Å². The summed E-state index contributed by atoms with van der Waals surface area (Å²) in [7, 11) is 0. The normalized spacial score (nSPS) is 10.7. The molecule has 1 N–H and O–H groups in total. The van der Waals surface area contributed by atoms with Crippen LogP contribution in [0.1, 0.15) is 0 Å². The molecule has 4 heteroatoms. The van der Waals surface area contributed by atoms with E-state index in [0.29, 0.717) is 6.54 Å². The maximum absolute atomic E-state index is 12.9. The molecule has 0 bridgehead atoms. The van der Waals surface area contributed by atoms with Crippen LogP contribution in [0.2, 0.25) is 0 Å². The van der Waals surface area contributed by atoms with Gasteiger partial charge < -0.3 is 5.32 Å². The second kappa shape index (κ2) is 4.82. The Morgan fingerprint density at radius 2 is 2.15 bits per heavy atom. The number of anilines is 1. The Balaban J connectivity index is 2.69. The highest BCUT2D eigenvalue weighted by molar-refractivity contribution is 6.25. The Morgan fingerprint density at radius 1 is 1.38 bits per heavy atom. The molecule has 13 heavy (non-hydrogen) atoms. The molecule has 0 unspecified atom stereocenters. The Labute approximate surface area is 80.0 Å². The molecule has 0 aliphatic rings. The summed E-state index contributed by atoms with van der Waals surface area (Å²) in [6, 6.07) is 3.23. The van der Waals surface area contributed by atoms with E-state index in [1.807, 2.05) is 0 Å². The average molecular weight is 204 g/mol. The van der Waals surface area contributed by atoms with Gasteiger partial charge in [-0.3, -0.25) is 0 Å². The molecule has 1 aromatic rings. The van der Waals surface area contributed by atoms with Crippen LogP contribution in [0.25, 0.3) is 0 Å². The molecule has 0 aromatic heterocycles. The zero-order valence-corrected chi connectivity index (χ0v) is 7.48. The highest BCUT2D eigenvalue weighted by Crippen LogP contribution is 2.14. The van der Waals surface area contributed by atoms with Crippen molar-refractivity contribution in [3.8, 4) is 0 Å². The third-order valence-electron chi connectivity index (χ3n) is 1.43. The van der Waals surface area contributed by atoms with Crippen LogP contribution in [0.5, 0.6) is 0 Å². The number of nitrogens with one attached hydrogen (secondary N) is 1. The van der Waals surface area contributed by atoms with Crippen LogP contribution < -0.4 is 5.32 Å².